The first-order valence-corrected chi connectivity index (χ1v) is 11.0. The second-order valence-electron chi connectivity index (χ2n) is 8.17. The zero-order valence-electron chi connectivity index (χ0n) is 18.8. The lowest BCUT2D eigenvalue weighted by Gasteiger charge is -2.35. The van der Waals surface area contributed by atoms with Gasteiger partial charge in [-0.2, -0.15) is 5.10 Å². The highest BCUT2D eigenvalue weighted by Crippen LogP contribution is 2.26. The highest BCUT2D eigenvalue weighted by Gasteiger charge is 2.23. The van der Waals surface area contributed by atoms with Gasteiger partial charge in [0, 0.05) is 37.9 Å². The second kappa shape index (κ2) is 9.97. The molecule has 7 nitrogen and oxygen atoms in total. The number of benzene rings is 2. The minimum atomic E-state index is -0.132. The number of hydrogen-bond donors (Lipinski definition) is 1. The first-order valence-electron chi connectivity index (χ1n) is 11.0. The van der Waals surface area contributed by atoms with Gasteiger partial charge in [0.15, 0.2) is 0 Å². The van der Waals surface area contributed by atoms with E-state index in [0.717, 1.165) is 36.6 Å². The number of para-hydroxylation sites is 1. The maximum absolute atomic E-state index is 13.1. The van der Waals surface area contributed by atoms with Crippen molar-refractivity contribution in [2.75, 3.05) is 33.3 Å². The monoisotopic (exact) mass is 434 g/mol. The maximum atomic E-state index is 13.1. The Morgan fingerprint density at radius 1 is 1.09 bits per heavy atom. The fraction of sp³-hybridized carbons (Fsp3) is 0.360. The standard InChI is InChI=1S/C25H30N4O3/c1-18-15-28(16-19(2)32-18)14-13-26-25(30)23-17-29(21-7-5-4-6-8-21)27-24(23)20-9-11-22(31-3)12-10-20/h4-12,17-19H,13-16H2,1-3H3,(H,26,30). The molecule has 4 rings (SSSR count). The average molecular weight is 435 g/mol. The molecule has 0 radical (unpaired) electrons. The second-order valence-corrected chi connectivity index (χ2v) is 8.17. The molecule has 0 bridgehead atoms. The van der Waals surface area contributed by atoms with Crippen LogP contribution in [0.1, 0.15) is 24.2 Å². The summed E-state index contributed by atoms with van der Waals surface area (Å²) >= 11 is 0. The van der Waals surface area contributed by atoms with Gasteiger partial charge in [-0.3, -0.25) is 9.69 Å². The van der Waals surface area contributed by atoms with Crippen LogP contribution in [-0.4, -0.2) is 66.1 Å². The van der Waals surface area contributed by atoms with Crippen molar-refractivity contribution >= 4 is 5.91 Å². The smallest absolute Gasteiger partial charge is 0.255 e. The van der Waals surface area contributed by atoms with Crippen LogP contribution in [0.5, 0.6) is 5.75 Å². The van der Waals surface area contributed by atoms with Crippen molar-refractivity contribution in [3.8, 4) is 22.7 Å². The molecule has 0 spiro atoms. The quantitative estimate of drug-likeness (QED) is 0.617. The van der Waals surface area contributed by atoms with Crippen molar-refractivity contribution in [2.24, 2.45) is 0 Å². The van der Waals surface area contributed by atoms with Crippen molar-refractivity contribution in [1.82, 2.24) is 20.0 Å². The normalized spacial score (nSPS) is 19.0. The van der Waals surface area contributed by atoms with E-state index in [9.17, 15) is 4.79 Å². The highest BCUT2D eigenvalue weighted by molar-refractivity contribution is 6.00. The predicted octanol–water partition coefficient (Wildman–Crippen LogP) is 3.39. The summed E-state index contributed by atoms with van der Waals surface area (Å²) in [5, 5.41) is 7.81. The van der Waals surface area contributed by atoms with Crippen LogP contribution < -0.4 is 10.1 Å². The lowest BCUT2D eigenvalue weighted by Crippen LogP contribution is -2.47. The molecular formula is C25H30N4O3. The van der Waals surface area contributed by atoms with Crippen LogP contribution in [0.4, 0.5) is 0 Å². The minimum absolute atomic E-state index is 0.132. The number of rotatable bonds is 7. The molecule has 3 aromatic rings. The van der Waals surface area contributed by atoms with E-state index in [4.69, 9.17) is 14.6 Å². The zero-order chi connectivity index (χ0) is 22.5. The van der Waals surface area contributed by atoms with Crippen molar-refractivity contribution in [3.63, 3.8) is 0 Å². The van der Waals surface area contributed by atoms with Crippen molar-refractivity contribution in [1.29, 1.82) is 0 Å². The summed E-state index contributed by atoms with van der Waals surface area (Å²) in [6.45, 7) is 7.28. The summed E-state index contributed by atoms with van der Waals surface area (Å²) in [5.74, 6) is 0.628. The summed E-state index contributed by atoms with van der Waals surface area (Å²) < 4.78 is 12.8. The molecular weight excluding hydrogens is 404 g/mol. The van der Waals surface area contributed by atoms with Crippen molar-refractivity contribution in [2.45, 2.75) is 26.1 Å². The Hall–Kier alpha value is -3.16. The van der Waals surface area contributed by atoms with Crippen LogP contribution in [0.25, 0.3) is 16.9 Å². The number of amides is 1. The Morgan fingerprint density at radius 3 is 2.44 bits per heavy atom. The van der Waals surface area contributed by atoms with Crippen LogP contribution in [0.3, 0.4) is 0 Å². The zero-order valence-corrected chi connectivity index (χ0v) is 18.8. The summed E-state index contributed by atoms with van der Waals surface area (Å²) in [6, 6.07) is 17.4. The number of nitrogens with one attached hydrogen (secondary N) is 1. The fourth-order valence-electron chi connectivity index (χ4n) is 4.10. The van der Waals surface area contributed by atoms with Crippen LogP contribution >= 0.6 is 0 Å². The number of nitrogens with zero attached hydrogens (tertiary/aromatic N) is 3. The Labute approximate surface area is 188 Å². The van der Waals surface area contributed by atoms with Crippen LogP contribution in [0.15, 0.2) is 60.8 Å². The SMILES string of the molecule is COc1ccc(-c2nn(-c3ccccc3)cc2C(=O)NCCN2CC(C)OC(C)C2)cc1. The van der Waals surface area contributed by atoms with Crippen LogP contribution in [0.2, 0.25) is 0 Å². The molecule has 1 aromatic heterocycles. The number of morpholine rings is 1. The number of aromatic nitrogens is 2. The van der Waals surface area contributed by atoms with E-state index in [0.29, 0.717) is 17.8 Å². The summed E-state index contributed by atoms with van der Waals surface area (Å²) in [4.78, 5) is 15.5. The van der Waals surface area contributed by atoms with E-state index in [2.05, 4.69) is 24.1 Å². The topological polar surface area (TPSA) is 68.6 Å². The average Bonchev–Trinajstić information content (AvgIpc) is 3.25. The van der Waals surface area contributed by atoms with Gasteiger partial charge in [-0.15, -0.1) is 0 Å². The third kappa shape index (κ3) is 5.18. The molecule has 1 amide bonds. The molecule has 0 aliphatic carbocycles. The molecule has 2 aromatic carbocycles. The van der Waals surface area contributed by atoms with E-state index in [1.165, 1.54) is 0 Å². The number of carbonyl (C=O) groups is 1. The molecule has 2 unspecified atom stereocenters. The molecule has 0 saturated carbocycles. The molecule has 32 heavy (non-hydrogen) atoms. The van der Waals surface area contributed by atoms with E-state index >= 15 is 0 Å². The van der Waals surface area contributed by atoms with E-state index in [-0.39, 0.29) is 18.1 Å². The minimum Gasteiger partial charge on any atom is -0.497 e. The van der Waals surface area contributed by atoms with Gasteiger partial charge in [-0.05, 0) is 50.2 Å². The number of carbonyl (C=O) groups excluding carboxylic acids is 1. The Kier molecular flexibility index (Phi) is 6.87. The first kappa shape index (κ1) is 22.0. The molecule has 2 atom stereocenters. The Balaban J connectivity index is 1.53. The number of ether oxygens (including phenoxy) is 2. The van der Waals surface area contributed by atoms with Crippen molar-refractivity contribution in [3.05, 3.63) is 66.4 Å². The van der Waals surface area contributed by atoms with Crippen LogP contribution in [-0.2, 0) is 4.74 Å². The molecule has 7 heteroatoms. The van der Waals surface area contributed by atoms with Gasteiger partial charge < -0.3 is 14.8 Å². The molecule has 168 valence electrons. The predicted molar refractivity (Wildman–Crippen MR) is 124 cm³/mol. The van der Waals surface area contributed by atoms with Gasteiger partial charge in [-0.25, -0.2) is 4.68 Å². The van der Waals surface area contributed by atoms with Gasteiger partial charge in [0.1, 0.15) is 11.4 Å². The molecule has 1 saturated heterocycles. The van der Waals surface area contributed by atoms with Crippen LogP contribution in [0, 0.1) is 0 Å². The van der Waals surface area contributed by atoms with Gasteiger partial charge in [0.05, 0.1) is 30.6 Å². The van der Waals surface area contributed by atoms with Gasteiger partial charge in [0.2, 0.25) is 0 Å². The van der Waals surface area contributed by atoms with Gasteiger partial charge in [0.25, 0.3) is 5.91 Å². The third-order valence-corrected chi connectivity index (χ3v) is 5.55. The van der Waals surface area contributed by atoms with E-state index in [1.807, 2.05) is 54.6 Å². The number of methoxy groups -OCH3 is 1. The molecule has 1 aliphatic rings. The highest BCUT2D eigenvalue weighted by atomic mass is 16.5. The van der Waals surface area contributed by atoms with E-state index in [1.54, 1.807) is 18.0 Å². The largest absolute Gasteiger partial charge is 0.497 e. The summed E-state index contributed by atoms with van der Waals surface area (Å²) in [6.07, 6.45) is 2.21. The fourth-order valence-corrected chi connectivity index (χ4v) is 4.10. The molecule has 1 aliphatic heterocycles. The molecule has 1 fully saturated rings. The summed E-state index contributed by atoms with van der Waals surface area (Å²) in [5.41, 5.74) is 2.95. The summed E-state index contributed by atoms with van der Waals surface area (Å²) in [7, 11) is 1.63. The Morgan fingerprint density at radius 2 is 1.78 bits per heavy atom. The third-order valence-electron chi connectivity index (χ3n) is 5.55. The van der Waals surface area contributed by atoms with Gasteiger partial charge in [-0.1, -0.05) is 18.2 Å². The molecule has 2 heterocycles. The number of hydrogen-bond acceptors (Lipinski definition) is 5. The maximum Gasteiger partial charge on any atom is 0.255 e. The lowest BCUT2D eigenvalue weighted by molar-refractivity contribution is -0.0672. The van der Waals surface area contributed by atoms with Gasteiger partial charge >= 0.3 is 0 Å². The first-order chi connectivity index (χ1) is 15.5. The lowest BCUT2D eigenvalue weighted by atomic mass is 10.1. The van der Waals surface area contributed by atoms with Crippen molar-refractivity contribution < 1.29 is 14.3 Å². The van der Waals surface area contributed by atoms with E-state index < -0.39 is 0 Å². The Bertz CT molecular complexity index is 1020. The molecule has 1 N–H and O–H groups in total.